The van der Waals surface area contributed by atoms with Crippen molar-refractivity contribution in [3.05, 3.63) is 29.8 Å². The molecule has 3 atom stereocenters. The molecule has 0 aromatic heterocycles. The molecule has 0 aliphatic rings. The summed E-state index contributed by atoms with van der Waals surface area (Å²) in [6, 6.07) is 5.99. The number of nitrogens with zero attached hydrogens (tertiary/aromatic N) is 1. The van der Waals surface area contributed by atoms with Gasteiger partial charge in [-0.2, -0.15) is 0 Å². The Morgan fingerprint density at radius 3 is 2.18 bits per heavy atom. The first-order valence-corrected chi connectivity index (χ1v) is 12.3. The minimum Gasteiger partial charge on any atom is -0.465 e. The van der Waals surface area contributed by atoms with Crippen LogP contribution in [0.3, 0.4) is 0 Å². The van der Waals surface area contributed by atoms with Crippen LogP contribution >= 0.6 is 23.2 Å². The van der Waals surface area contributed by atoms with Crippen molar-refractivity contribution < 1.29 is 19.1 Å². The van der Waals surface area contributed by atoms with E-state index in [0.717, 1.165) is 17.7 Å². The van der Waals surface area contributed by atoms with Gasteiger partial charge in [0.15, 0.2) is 0 Å². The van der Waals surface area contributed by atoms with Crippen LogP contribution < -0.4 is 21.3 Å². The van der Waals surface area contributed by atoms with E-state index in [1.54, 1.807) is 6.92 Å². The van der Waals surface area contributed by atoms with Crippen LogP contribution in [0.1, 0.15) is 32.8 Å². The number of hydrogen-bond acceptors (Lipinski definition) is 6. The zero-order valence-corrected chi connectivity index (χ0v) is 21.1. The smallest absolute Gasteiger partial charge is 0.325 e. The Kier molecular flexibility index (Phi) is 13.8. The van der Waals surface area contributed by atoms with Gasteiger partial charge in [0, 0.05) is 37.0 Å². The van der Waals surface area contributed by atoms with E-state index in [-0.39, 0.29) is 25.5 Å². The fourth-order valence-electron chi connectivity index (χ4n) is 3.14. The second kappa shape index (κ2) is 15.7. The Balaban J connectivity index is 2.97. The van der Waals surface area contributed by atoms with E-state index in [0.29, 0.717) is 24.8 Å². The van der Waals surface area contributed by atoms with Crippen LogP contribution in [0.25, 0.3) is 0 Å². The van der Waals surface area contributed by atoms with Gasteiger partial charge in [0.2, 0.25) is 11.8 Å². The van der Waals surface area contributed by atoms with Gasteiger partial charge >= 0.3 is 5.97 Å². The summed E-state index contributed by atoms with van der Waals surface area (Å²) in [5.41, 5.74) is 7.84. The first-order valence-electron chi connectivity index (χ1n) is 11.2. The zero-order valence-electron chi connectivity index (χ0n) is 19.6. The maximum absolute atomic E-state index is 12.8. The van der Waals surface area contributed by atoms with Crippen molar-refractivity contribution in [2.24, 2.45) is 11.7 Å². The maximum Gasteiger partial charge on any atom is 0.325 e. The molecule has 33 heavy (non-hydrogen) atoms. The molecule has 0 bridgehead atoms. The number of benzene rings is 1. The first-order chi connectivity index (χ1) is 15.8. The van der Waals surface area contributed by atoms with Gasteiger partial charge in [-0.25, -0.2) is 0 Å². The number of esters is 1. The number of carbonyl (C=O) groups excluding carboxylic acids is 3. The molecular weight excluding hydrogens is 467 g/mol. The molecule has 8 nitrogen and oxygen atoms in total. The monoisotopic (exact) mass is 502 g/mol. The maximum atomic E-state index is 12.8. The molecule has 1 rings (SSSR count). The van der Waals surface area contributed by atoms with Gasteiger partial charge in [-0.1, -0.05) is 32.4 Å². The second-order valence-corrected chi connectivity index (χ2v) is 8.49. The highest BCUT2D eigenvalue weighted by atomic mass is 35.5. The topological polar surface area (TPSA) is 114 Å². The van der Waals surface area contributed by atoms with Crippen LogP contribution in [-0.2, 0) is 25.5 Å². The molecule has 0 saturated heterocycles. The van der Waals surface area contributed by atoms with Gasteiger partial charge in [-0.15, -0.1) is 23.2 Å². The van der Waals surface area contributed by atoms with Crippen molar-refractivity contribution in [1.82, 2.24) is 10.6 Å². The fraction of sp³-hybridized carbons (Fsp3) is 0.609. The number of alkyl halides is 2. The highest BCUT2D eigenvalue weighted by Crippen LogP contribution is 2.17. The van der Waals surface area contributed by atoms with Crippen molar-refractivity contribution >= 4 is 46.7 Å². The van der Waals surface area contributed by atoms with Crippen molar-refractivity contribution in [3.8, 4) is 0 Å². The van der Waals surface area contributed by atoms with Crippen LogP contribution in [-0.4, -0.2) is 67.9 Å². The van der Waals surface area contributed by atoms with Gasteiger partial charge in [0.05, 0.1) is 12.6 Å². The Labute approximate surface area is 206 Å². The summed E-state index contributed by atoms with van der Waals surface area (Å²) >= 11 is 11.8. The lowest BCUT2D eigenvalue weighted by atomic mass is 9.98. The summed E-state index contributed by atoms with van der Waals surface area (Å²) in [5.74, 6) is -0.527. The van der Waals surface area contributed by atoms with Gasteiger partial charge in [0.1, 0.15) is 12.6 Å². The average molecular weight is 503 g/mol. The number of hydrogen-bond donors (Lipinski definition) is 3. The van der Waals surface area contributed by atoms with Crippen LogP contribution in [0.4, 0.5) is 5.69 Å². The molecular formula is C23H36Cl2N4O4. The number of nitrogens with one attached hydrogen (secondary N) is 2. The Bertz CT molecular complexity index is 742. The predicted molar refractivity (Wildman–Crippen MR) is 133 cm³/mol. The average Bonchev–Trinajstić information content (AvgIpc) is 2.81. The third kappa shape index (κ3) is 10.2. The number of rotatable bonds is 15. The molecule has 0 radical (unpaired) electrons. The molecule has 1 aromatic rings. The van der Waals surface area contributed by atoms with E-state index in [2.05, 4.69) is 15.5 Å². The predicted octanol–water partition coefficient (Wildman–Crippen LogP) is 2.05. The van der Waals surface area contributed by atoms with E-state index in [1.807, 2.05) is 38.1 Å². The molecule has 0 saturated carbocycles. The van der Waals surface area contributed by atoms with E-state index in [9.17, 15) is 14.4 Å². The summed E-state index contributed by atoms with van der Waals surface area (Å²) in [6.07, 6.45) is 0.968. The van der Waals surface area contributed by atoms with E-state index >= 15 is 0 Å². The normalized spacial score (nSPS) is 13.5. The highest BCUT2D eigenvalue weighted by Gasteiger charge is 2.26. The third-order valence-electron chi connectivity index (χ3n) is 5.36. The summed E-state index contributed by atoms with van der Waals surface area (Å²) < 4.78 is 4.85. The minimum atomic E-state index is -0.894. The van der Waals surface area contributed by atoms with Crippen molar-refractivity contribution in [2.75, 3.05) is 42.9 Å². The Morgan fingerprint density at radius 2 is 1.67 bits per heavy atom. The molecule has 0 unspecified atom stereocenters. The fourth-order valence-corrected chi connectivity index (χ4v) is 3.54. The van der Waals surface area contributed by atoms with E-state index in [4.69, 9.17) is 33.7 Å². The van der Waals surface area contributed by atoms with Gasteiger partial charge in [-0.3, -0.25) is 14.4 Å². The second-order valence-electron chi connectivity index (χ2n) is 7.73. The molecule has 0 fully saturated rings. The van der Waals surface area contributed by atoms with Crippen LogP contribution in [0.2, 0.25) is 0 Å². The Morgan fingerprint density at radius 1 is 1.06 bits per heavy atom. The van der Waals surface area contributed by atoms with Crippen LogP contribution in [0.15, 0.2) is 24.3 Å². The Hall–Kier alpha value is -2.03. The molecule has 186 valence electrons. The molecule has 1 aromatic carbocycles. The summed E-state index contributed by atoms with van der Waals surface area (Å²) in [7, 11) is 0. The number of nitrogens with two attached hydrogens (primary N) is 1. The molecule has 0 spiro atoms. The van der Waals surface area contributed by atoms with Gasteiger partial charge in [-0.05, 0) is 30.5 Å². The number of ether oxygens (including phenoxy) is 1. The molecule has 2 amide bonds. The molecule has 0 aliphatic carbocycles. The van der Waals surface area contributed by atoms with Crippen molar-refractivity contribution in [2.45, 2.75) is 45.7 Å². The van der Waals surface area contributed by atoms with Crippen LogP contribution in [0, 0.1) is 5.92 Å². The van der Waals surface area contributed by atoms with Crippen molar-refractivity contribution in [3.63, 3.8) is 0 Å². The van der Waals surface area contributed by atoms with Crippen LogP contribution in [0.5, 0.6) is 0 Å². The summed E-state index contributed by atoms with van der Waals surface area (Å²) in [6.45, 7) is 6.78. The number of anilines is 1. The lowest BCUT2D eigenvalue weighted by Gasteiger charge is -2.24. The van der Waals surface area contributed by atoms with Crippen molar-refractivity contribution in [1.29, 1.82) is 0 Å². The highest BCUT2D eigenvalue weighted by molar-refractivity contribution is 6.18. The number of amides is 2. The molecule has 0 aliphatic heterocycles. The third-order valence-corrected chi connectivity index (χ3v) is 5.69. The molecule has 0 heterocycles. The van der Waals surface area contributed by atoms with Gasteiger partial charge < -0.3 is 26.0 Å². The first kappa shape index (κ1) is 29.0. The lowest BCUT2D eigenvalue weighted by Crippen LogP contribution is -2.54. The number of halogens is 2. The summed E-state index contributed by atoms with van der Waals surface area (Å²) in [4.78, 5) is 39.1. The number of carbonyl (C=O) groups is 3. The largest absolute Gasteiger partial charge is 0.465 e. The molecule has 10 heteroatoms. The standard InChI is InChI=1S/C23H36Cl2N4O4/c1-4-16(3)21(26)23(32)28-19(22(31)27-15-20(30)33-5-2)14-17-6-8-18(9-7-17)29(12-10-24)13-11-25/h6-9,16,19,21H,4-5,10-15,26H2,1-3H3,(H,27,31)(H,28,32)/t16-,19-,21-/m0/s1. The SMILES string of the molecule is CCOC(=O)CNC(=O)[C@H](Cc1ccc(N(CCCl)CCCl)cc1)NC(=O)[C@@H](N)[C@@H](C)CC. The van der Waals surface area contributed by atoms with Gasteiger partial charge in [0.25, 0.3) is 0 Å². The summed E-state index contributed by atoms with van der Waals surface area (Å²) in [5, 5.41) is 5.27. The van der Waals surface area contributed by atoms with E-state index in [1.165, 1.54) is 0 Å². The minimum absolute atomic E-state index is 0.0395. The molecule has 4 N–H and O–H groups in total. The quantitative estimate of drug-likeness (QED) is 0.250. The lowest BCUT2D eigenvalue weighted by molar-refractivity contribution is -0.143. The zero-order chi connectivity index (χ0) is 24.8. The van der Waals surface area contributed by atoms with E-state index < -0.39 is 29.9 Å².